The molecule has 0 saturated carbocycles. The zero-order valence-electron chi connectivity index (χ0n) is 21.5. The molecule has 2 aromatic carbocycles. The topological polar surface area (TPSA) is 67.6 Å². The highest BCUT2D eigenvalue weighted by Gasteiger charge is 2.40. The Morgan fingerprint density at radius 1 is 0.882 bits per heavy atom. The van der Waals surface area contributed by atoms with Gasteiger partial charge in [-0.1, -0.05) is 26.0 Å². The Kier molecular flexibility index (Phi) is 10.3. The molecule has 0 saturated heterocycles. The van der Waals surface area contributed by atoms with Crippen molar-refractivity contribution in [2.24, 2.45) is 5.92 Å². The highest BCUT2D eigenvalue weighted by atomic mass is 16.5. The van der Waals surface area contributed by atoms with Crippen LogP contribution >= 0.6 is 0 Å². The van der Waals surface area contributed by atoms with Crippen LogP contribution in [-0.4, -0.2) is 53.5 Å². The summed E-state index contributed by atoms with van der Waals surface area (Å²) in [6.07, 6.45) is 2.53. The Morgan fingerprint density at radius 3 is 2.03 bits per heavy atom. The molecule has 0 spiro atoms. The van der Waals surface area contributed by atoms with E-state index in [9.17, 15) is 5.21 Å². The van der Waals surface area contributed by atoms with Crippen LogP contribution in [0.5, 0.6) is 23.0 Å². The minimum Gasteiger partial charge on any atom is -0.498 e. The summed E-state index contributed by atoms with van der Waals surface area (Å²) in [7, 11) is 8.61. The average molecular weight is 471 g/mol. The number of hydrogen-bond donors (Lipinski definition) is 0. The van der Waals surface area contributed by atoms with Crippen LogP contribution in [0.1, 0.15) is 37.8 Å². The summed E-state index contributed by atoms with van der Waals surface area (Å²) < 4.78 is 21.6. The van der Waals surface area contributed by atoms with Crippen molar-refractivity contribution in [2.45, 2.75) is 38.5 Å². The highest BCUT2D eigenvalue weighted by molar-refractivity contribution is 5.48. The Bertz CT molecular complexity index is 983. The first-order valence-corrected chi connectivity index (χ1v) is 11.6. The van der Waals surface area contributed by atoms with Crippen molar-refractivity contribution in [3.63, 3.8) is 0 Å². The Balaban J connectivity index is 2.08. The van der Waals surface area contributed by atoms with Gasteiger partial charge in [0.15, 0.2) is 23.0 Å². The molecule has 0 N–H and O–H groups in total. The molecular formula is C27H38N2O5. The summed E-state index contributed by atoms with van der Waals surface area (Å²) in [5.74, 6) is 2.88. The maximum atomic E-state index is 11.4. The van der Waals surface area contributed by atoms with Crippen LogP contribution in [0.4, 0.5) is 0 Å². The molecule has 0 aliphatic rings. The third-order valence-corrected chi connectivity index (χ3v) is 6.47. The lowest BCUT2D eigenvalue weighted by Crippen LogP contribution is -2.32. The molecule has 0 heterocycles. The van der Waals surface area contributed by atoms with Crippen molar-refractivity contribution in [1.29, 1.82) is 0 Å². The second-order valence-corrected chi connectivity index (χ2v) is 8.75. The molecule has 34 heavy (non-hydrogen) atoms. The smallest absolute Gasteiger partial charge is 0.310 e. The van der Waals surface area contributed by atoms with Gasteiger partial charge in [-0.05, 0) is 74.2 Å². The van der Waals surface area contributed by atoms with E-state index in [1.165, 1.54) is 5.56 Å². The molecular weight excluding hydrogens is 432 g/mol. The van der Waals surface area contributed by atoms with E-state index >= 15 is 0 Å². The van der Waals surface area contributed by atoms with E-state index in [-0.39, 0.29) is 5.92 Å². The molecule has 0 amide bonds. The van der Waals surface area contributed by atoms with E-state index in [1.807, 2.05) is 30.3 Å². The van der Waals surface area contributed by atoms with E-state index in [0.717, 1.165) is 49.4 Å². The second kappa shape index (κ2) is 13.0. The predicted octanol–water partition coefficient (Wildman–Crippen LogP) is 5.40. The second-order valence-electron chi connectivity index (χ2n) is 8.75. The van der Waals surface area contributed by atoms with Crippen LogP contribution < -0.4 is 18.9 Å². The molecule has 0 radical (unpaired) electrons. The summed E-state index contributed by atoms with van der Waals surface area (Å²) in [5.41, 5.74) is 1.54. The Morgan fingerprint density at radius 2 is 1.47 bits per heavy atom. The van der Waals surface area contributed by atoms with Gasteiger partial charge in [-0.3, -0.25) is 0 Å². The molecule has 0 aliphatic heterocycles. The highest BCUT2D eigenvalue weighted by Crippen LogP contribution is 2.40. The summed E-state index contributed by atoms with van der Waals surface area (Å²) in [6, 6.07) is 14.7. The van der Waals surface area contributed by atoms with E-state index in [1.54, 1.807) is 28.4 Å². The summed E-state index contributed by atoms with van der Waals surface area (Å²) >= 11 is 0. The molecule has 186 valence electrons. The van der Waals surface area contributed by atoms with Gasteiger partial charge in [0.25, 0.3) is 0 Å². The van der Waals surface area contributed by atoms with E-state index in [0.29, 0.717) is 11.5 Å². The first kappa shape index (κ1) is 27.1. The van der Waals surface area contributed by atoms with Crippen molar-refractivity contribution in [3.8, 4) is 29.1 Å². The zero-order chi connectivity index (χ0) is 25.1. The number of nitrogens with zero attached hydrogens (tertiary/aromatic N) is 2. The van der Waals surface area contributed by atoms with Gasteiger partial charge in [0.2, 0.25) is 0 Å². The van der Waals surface area contributed by atoms with Crippen molar-refractivity contribution >= 4 is 0 Å². The molecule has 7 nitrogen and oxygen atoms in total. The Hall–Kier alpha value is -3.11. The molecule has 1 atom stereocenters. The molecule has 0 aromatic heterocycles. The third-order valence-electron chi connectivity index (χ3n) is 6.47. The lowest BCUT2D eigenvalue weighted by molar-refractivity contribution is 0.293. The Labute approximate surface area is 204 Å². The van der Waals surface area contributed by atoms with Gasteiger partial charge >= 0.3 is 6.07 Å². The number of benzene rings is 2. The number of methoxy groups -OCH3 is 4. The zero-order valence-corrected chi connectivity index (χ0v) is 21.5. The van der Waals surface area contributed by atoms with Gasteiger partial charge in [-0.15, -0.1) is 0 Å². The monoisotopic (exact) mass is 470 g/mol. The van der Waals surface area contributed by atoms with Crippen molar-refractivity contribution in [3.05, 3.63) is 57.7 Å². The number of likely N-dealkylation sites (N-methyl/N-ethyl adjacent to an activating group) is 1. The lowest BCUT2D eigenvalue weighted by atomic mass is 9.69. The van der Waals surface area contributed by atoms with Gasteiger partial charge in [0, 0.05) is 11.6 Å². The summed E-state index contributed by atoms with van der Waals surface area (Å²) in [4.78, 5) is 2.30. The summed E-state index contributed by atoms with van der Waals surface area (Å²) in [5, 5.41) is 14.5. The maximum Gasteiger partial charge on any atom is 0.310 e. The molecule has 0 fully saturated rings. The molecule has 1 unspecified atom stereocenters. The van der Waals surface area contributed by atoms with Crippen LogP contribution in [-0.2, 0) is 11.8 Å². The SMILES string of the molecule is COc1ccc(CCN(C)CCCC(C#[N+][O-])(c2ccc(OC)c(OC)c2)C(C)C)cc1OC. The fraction of sp³-hybridized carbons (Fsp3) is 0.519. The van der Waals surface area contributed by atoms with E-state index in [4.69, 9.17) is 18.9 Å². The van der Waals surface area contributed by atoms with E-state index in [2.05, 4.69) is 42.9 Å². The first-order valence-electron chi connectivity index (χ1n) is 11.6. The number of rotatable bonds is 13. The predicted molar refractivity (Wildman–Crippen MR) is 137 cm³/mol. The quantitative estimate of drug-likeness (QED) is 0.365. The molecule has 0 bridgehead atoms. The number of ether oxygens (including phenoxy) is 4. The van der Waals surface area contributed by atoms with Crippen molar-refractivity contribution < 1.29 is 18.9 Å². The molecule has 7 heteroatoms. The van der Waals surface area contributed by atoms with Gasteiger partial charge < -0.3 is 29.1 Å². The number of hydrogen-bond acceptors (Lipinski definition) is 6. The minimum atomic E-state index is -0.606. The van der Waals surface area contributed by atoms with Crippen LogP contribution in [0.2, 0.25) is 0 Å². The largest absolute Gasteiger partial charge is 0.498 e. The van der Waals surface area contributed by atoms with E-state index < -0.39 is 5.41 Å². The first-order chi connectivity index (χ1) is 16.3. The van der Waals surface area contributed by atoms with Crippen LogP contribution in [0.15, 0.2) is 36.4 Å². The third kappa shape index (κ3) is 6.48. The fourth-order valence-corrected chi connectivity index (χ4v) is 4.31. The van der Waals surface area contributed by atoms with Crippen LogP contribution in [0, 0.1) is 17.2 Å². The fourth-order valence-electron chi connectivity index (χ4n) is 4.31. The lowest BCUT2D eigenvalue weighted by Gasteiger charge is -2.30. The van der Waals surface area contributed by atoms with Gasteiger partial charge in [0.05, 0.1) is 28.4 Å². The van der Waals surface area contributed by atoms with Gasteiger partial charge in [-0.2, -0.15) is 0 Å². The average Bonchev–Trinajstić information content (AvgIpc) is 2.85. The van der Waals surface area contributed by atoms with Crippen molar-refractivity contribution in [2.75, 3.05) is 48.6 Å². The van der Waals surface area contributed by atoms with Crippen molar-refractivity contribution in [1.82, 2.24) is 4.90 Å². The van der Waals surface area contributed by atoms with Crippen LogP contribution in [0.3, 0.4) is 0 Å². The van der Waals surface area contributed by atoms with Gasteiger partial charge in [0.1, 0.15) is 5.41 Å². The molecule has 2 aromatic rings. The standard InChI is InChI=1S/C27H38N2O5/c1-20(2)27(19-28-30,22-10-12-24(32-5)26(18-22)34-7)14-8-15-29(3)16-13-21-9-11-23(31-4)25(17-21)33-6/h9-12,17-18,20H,8,13-16H2,1-7H3. The maximum absolute atomic E-state index is 11.4. The van der Waals surface area contributed by atoms with Crippen LogP contribution in [0.25, 0.3) is 5.01 Å². The molecule has 0 aliphatic carbocycles. The minimum absolute atomic E-state index is 0.125. The molecule has 2 rings (SSSR count). The summed E-state index contributed by atoms with van der Waals surface area (Å²) in [6.45, 7) is 5.97. The normalized spacial score (nSPS) is 12.6. The van der Waals surface area contributed by atoms with Gasteiger partial charge in [-0.25, -0.2) is 0 Å².